The highest BCUT2D eigenvalue weighted by Gasteiger charge is 2.10. The lowest BCUT2D eigenvalue weighted by Crippen LogP contribution is -2.32. The van der Waals surface area contributed by atoms with Gasteiger partial charge in [0.05, 0.1) is 6.54 Å². The lowest BCUT2D eigenvalue weighted by molar-refractivity contribution is -0.115. The van der Waals surface area contributed by atoms with Gasteiger partial charge in [0, 0.05) is 11.6 Å². The van der Waals surface area contributed by atoms with Crippen LogP contribution in [0.3, 0.4) is 0 Å². The van der Waals surface area contributed by atoms with Crippen molar-refractivity contribution in [1.82, 2.24) is 10.5 Å². The molecule has 0 saturated carbocycles. The van der Waals surface area contributed by atoms with Gasteiger partial charge in [-0.2, -0.15) is 0 Å². The molecule has 0 bridgehead atoms. The van der Waals surface area contributed by atoms with Gasteiger partial charge in [-0.15, -0.1) is 0 Å². The van der Waals surface area contributed by atoms with E-state index in [1.54, 1.807) is 25.1 Å². The van der Waals surface area contributed by atoms with Crippen LogP contribution in [0.4, 0.5) is 5.82 Å². The first kappa shape index (κ1) is 15.8. The van der Waals surface area contributed by atoms with Crippen LogP contribution in [0.1, 0.15) is 41.4 Å². The van der Waals surface area contributed by atoms with Crippen molar-refractivity contribution in [3.05, 3.63) is 47.2 Å². The zero-order valence-electron chi connectivity index (χ0n) is 12.8. The maximum Gasteiger partial charge on any atom is 0.251 e. The van der Waals surface area contributed by atoms with E-state index in [2.05, 4.69) is 29.6 Å². The summed E-state index contributed by atoms with van der Waals surface area (Å²) < 4.78 is 4.84. The molecule has 6 heteroatoms. The molecule has 0 unspecified atom stereocenters. The number of carbonyl (C=O) groups excluding carboxylic acids is 2. The Morgan fingerprint density at radius 1 is 1.23 bits per heavy atom. The third-order valence-electron chi connectivity index (χ3n) is 3.14. The molecule has 0 aliphatic heterocycles. The lowest BCUT2D eigenvalue weighted by Gasteiger charge is -2.07. The van der Waals surface area contributed by atoms with E-state index in [0.29, 0.717) is 23.1 Å². The van der Waals surface area contributed by atoms with Gasteiger partial charge in [0.15, 0.2) is 5.82 Å². The first-order valence-electron chi connectivity index (χ1n) is 7.07. The standard InChI is InChI=1S/C16H19N3O3/c1-10(2)12-4-6-13(7-5-12)16(21)17-9-15(20)18-14-8-11(3)22-19-14/h4-8,10H,9H2,1-3H3,(H,17,21)(H,18,19,20). The Balaban J connectivity index is 1.85. The zero-order chi connectivity index (χ0) is 16.1. The SMILES string of the molecule is Cc1cc(NC(=O)CNC(=O)c2ccc(C(C)C)cc2)no1. The van der Waals surface area contributed by atoms with Crippen LogP contribution in [0.15, 0.2) is 34.9 Å². The zero-order valence-corrected chi connectivity index (χ0v) is 12.8. The van der Waals surface area contributed by atoms with Gasteiger partial charge in [0.2, 0.25) is 5.91 Å². The van der Waals surface area contributed by atoms with E-state index in [0.717, 1.165) is 5.56 Å². The summed E-state index contributed by atoms with van der Waals surface area (Å²) in [5.74, 6) is 0.693. The third kappa shape index (κ3) is 4.18. The van der Waals surface area contributed by atoms with E-state index >= 15 is 0 Å². The summed E-state index contributed by atoms with van der Waals surface area (Å²) in [5, 5.41) is 8.75. The van der Waals surface area contributed by atoms with Gasteiger partial charge in [-0.1, -0.05) is 31.1 Å². The van der Waals surface area contributed by atoms with Gasteiger partial charge >= 0.3 is 0 Å². The maximum absolute atomic E-state index is 12.0. The minimum absolute atomic E-state index is 0.128. The molecule has 2 amide bonds. The van der Waals surface area contributed by atoms with Crippen LogP contribution < -0.4 is 10.6 Å². The highest BCUT2D eigenvalue weighted by molar-refractivity contribution is 5.99. The predicted octanol–water partition coefficient (Wildman–Crippen LogP) is 2.47. The fourth-order valence-corrected chi connectivity index (χ4v) is 1.89. The van der Waals surface area contributed by atoms with Crippen molar-refractivity contribution < 1.29 is 14.1 Å². The maximum atomic E-state index is 12.0. The van der Waals surface area contributed by atoms with Crippen molar-refractivity contribution in [2.24, 2.45) is 0 Å². The Morgan fingerprint density at radius 3 is 2.45 bits per heavy atom. The normalized spacial score (nSPS) is 10.5. The number of nitrogens with one attached hydrogen (secondary N) is 2. The molecule has 0 fully saturated rings. The van der Waals surface area contributed by atoms with Gasteiger partial charge in [-0.3, -0.25) is 9.59 Å². The Bertz CT molecular complexity index is 660. The highest BCUT2D eigenvalue weighted by atomic mass is 16.5. The van der Waals surface area contributed by atoms with Crippen LogP contribution in [-0.2, 0) is 4.79 Å². The molecule has 0 saturated heterocycles. The van der Waals surface area contributed by atoms with Crippen LogP contribution in [0.25, 0.3) is 0 Å². The average molecular weight is 301 g/mol. The summed E-state index contributed by atoms with van der Waals surface area (Å²) in [6.45, 7) is 5.78. The third-order valence-corrected chi connectivity index (χ3v) is 3.14. The second kappa shape index (κ2) is 6.89. The number of rotatable bonds is 5. The fraction of sp³-hybridized carbons (Fsp3) is 0.312. The quantitative estimate of drug-likeness (QED) is 0.888. The van der Waals surface area contributed by atoms with Gasteiger partial charge in [-0.25, -0.2) is 0 Å². The molecular formula is C16H19N3O3. The number of benzene rings is 1. The summed E-state index contributed by atoms with van der Waals surface area (Å²) in [6.07, 6.45) is 0. The van der Waals surface area contributed by atoms with Crippen molar-refractivity contribution in [3.63, 3.8) is 0 Å². The Kier molecular flexibility index (Phi) is 4.93. The molecule has 2 aromatic rings. The van der Waals surface area contributed by atoms with E-state index in [-0.39, 0.29) is 18.4 Å². The highest BCUT2D eigenvalue weighted by Crippen LogP contribution is 2.14. The second-order valence-corrected chi connectivity index (χ2v) is 5.33. The fourth-order valence-electron chi connectivity index (χ4n) is 1.89. The summed E-state index contributed by atoms with van der Waals surface area (Å²) >= 11 is 0. The number of anilines is 1. The van der Waals surface area contributed by atoms with Crippen LogP contribution >= 0.6 is 0 Å². The van der Waals surface area contributed by atoms with E-state index in [9.17, 15) is 9.59 Å². The predicted molar refractivity (Wildman–Crippen MR) is 82.7 cm³/mol. The molecule has 1 heterocycles. The number of hydrogen-bond acceptors (Lipinski definition) is 4. The number of aromatic nitrogens is 1. The van der Waals surface area contributed by atoms with Crippen LogP contribution in [0.5, 0.6) is 0 Å². The van der Waals surface area contributed by atoms with Gasteiger partial charge in [0.25, 0.3) is 5.91 Å². The molecule has 1 aromatic carbocycles. The second-order valence-electron chi connectivity index (χ2n) is 5.33. The smallest absolute Gasteiger partial charge is 0.251 e. The molecule has 1 aromatic heterocycles. The van der Waals surface area contributed by atoms with Crippen molar-refractivity contribution >= 4 is 17.6 Å². The molecule has 116 valence electrons. The molecule has 0 radical (unpaired) electrons. The molecule has 0 aliphatic rings. The van der Waals surface area contributed by atoms with E-state index in [4.69, 9.17) is 4.52 Å². The summed E-state index contributed by atoms with van der Waals surface area (Å²) in [6, 6.07) is 8.94. The molecule has 0 aliphatic carbocycles. The summed E-state index contributed by atoms with van der Waals surface area (Å²) in [5.41, 5.74) is 1.69. The molecule has 0 spiro atoms. The summed E-state index contributed by atoms with van der Waals surface area (Å²) in [7, 11) is 0. The monoisotopic (exact) mass is 301 g/mol. The van der Waals surface area contributed by atoms with Crippen LogP contribution in [0, 0.1) is 6.92 Å². The Hall–Kier alpha value is -2.63. The minimum Gasteiger partial charge on any atom is -0.360 e. The summed E-state index contributed by atoms with van der Waals surface area (Å²) in [4.78, 5) is 23.7. The lowest BCUT2D eigenvalue weighted by atomic mass is 10.0. The molecule has 2 N–H and O–H groups in total. The average Bonchev–Trinajstić information content (AvgIpc) is 2.90. The van der Waals surface area contributed by atoms with Crippen molar-refractivity contribution in [1.29, 1.82) is 0 Å². The molecule has 6 nitrogen and oxygen atoms in total. The van der Waals surface area contributed by atoms with Gasteiger partial charge in [0.1, 0.15) is 5.76 Å². The topological polar surface area (TPSA) is 84.2 Å². The number of aryl methyl sites for hydroxylation is 1. The van der Waals surface area contributed by atoms with Crippen LogP contribution in [0.2, 0.25) is 0 Å². The van der Waals surface area contributed by atoms with Crippen LogP contribution in [-0.4, -0.2) is 23.5 Å². The van der Waals surface area contributed by atoms with E-state index < -0.39 is 0 Å². The molecule has 0 atom stereocenters. The molecular weight excluding hydrogens is 282 g/mol. The Labute approximate surface area is 128 Å². The largest absolute Gasteiger partial charge is 0.360 e. The van der Waals surface area contributed by atoms with Crippen molar-refractivity contribution in [2.75, 3.05) is 11.9 Å². The van der Waals surface area contributed by atoms with Crippen molar-refractivity contribution in [3.8, 4) is 0 Å². The molecule has 22 heavy (non-hydrogen) atoms. The number of nitrogens with zero attached hydrogens (tertiary/aromatic N) is 1. The molecule has 2 rings (SSSR count). The van der Waals surface area contributed by atoms with E-state index in [1.807, 2.05) is 12.1 Å². The number of carbonyl (C=O) groups is 2. The Morgan fingerprint density at radius 2 is 1.91 bits per heavy atom. The van der Waals surface area contributed by atoms with Gasteiger partial charge < -0.3 is 15.2 Å². The van der Waals surface area contributed by atoms with Gasteiger partial charge in [-0.05, 0) is 30.5 Å². The van der Waals surface area contributed by atoms with E-state index in [1.165, 1.54) is 0 Å². The number of amides is 2. The minimum atomic E-state index is -0.361. The first-order valence-corrected chi connectivity index (χ1v) is 7.07. The number of hydrogen-bond donors (Lipinski definition) is 2. The first-order chi connectivity index (χ1) is 10.5. The van der Waals surface area contributed by atoms with Crippen molar-refractivity contribution in [2.45, 2.75) is 26.7 Å².